The van der Waals surface area contributed by atoms with Crippen LogP contribution in [0.25, 0.3) is 0 Å². The van der Waals surface area contributed by atoms with Crippen LogP contribution < -0.4 is 9.47 Å². The molecule has 0 fully saturated rings. The summed E-state index contributed by atoms with van der Waals surface area (Å²) in [4.78, 5) is 0. The molecule has 0 aliphatic rings. The second kappa shape index (κ2) is 6.21. The molecule has 1 aromatic rings. The van der Waals surface area contributed by atoms with E-state index >= 15 is 0 Å². The normalized spacial score (nSPS) is 11.9. The van der Waals surface area contributed by atoms with Crippen molar-refractivity contribution in [2.24, 2.45) is 0 Å². The summed E-state index contributed by atoms with van der Waals surface area (Å²) in [5.74, 6) is 2.02. The lowest BCUT2D eigenvalue weighted by Crippen LogP contribution is -1.98. The van der Waals surface area contributed by atoms with Crippen LogP contribution in [0.4, 0.5) is 0 Å². The number of rotatable bonds is 6. The second-order valence-corrected chi connectivity index (χ2v) is 3.63. The molecular weight excluding hydrogens is 200 g/mol. The highest BCUT2D eigenvalue weighted by Crippen LogP contribution is 2.28. The Morgan fingerprint density at radius 1 is 1.12 bits per heavy atom. The number of allylic oxidation sites excluding steroid dienone is 1. The van der Waals surface area contributed by atoms with Crippen LogP contribution >= 0.6 is 0 Å². The molecule has 0 spiro atoms. The van der Waals surface area contributed by atoms with Gasteiger partial charge in [-0.05, 0) is 37.5 Å². The lowest BCUT2D eigenvalue weighted by atomic mass is 10.0. The molecule has 0 amide bonds. The van der Waals surface area contributed by atoms with Gasteiger partial charge in [0.2, 0.25) is 0 Å². The molecule has 16 heavy (non-hydrogen) atoms. The van der Waals surface area contributed by atoms with E-state index in [0.29, 0.717) is 19.1 Å². The van der Waals surface area contributed by atoms with E-state index in [-0.39, 0.29) is 0 Å². The molecule has 1 atom stereocenters. The van der Waals surface area contributed by atoms with E-state index in [2.05, 4.69) is 13.5 Å². The van der Waals surface area contributed by atoms with E-state index in [1.807, 2.05) is 38.1 Å². The average molecular weight is 220 g/mol. The summed E-state index contributed by atoms with van der Waals surface area (Å²) in [7, 11) is 0. The fraction of sp³-hybridized carbons (Fsp3) is 0.429. The van der Waals surface area contributed by atoms with Crippen molar-refractivity contribution in [3.05, 3.63) is 36.4 Å². The quantitative estimate of drug-likeness (QED) is 0.679. The zero-order valence-corrected chi connectivity index (χ0v) is 10.3. The molecule has 0 radical (unpaired) electrons. The summed E-state index contributed by atoms with van der Waals surface area (Å²) < 4.78 is 11.0. The monoisotopic (exact) mass is 220 g/mol. The van der Waals surface area contributed by atoms with Crippen molar-refractivity contribution >= 4 is 0 Å². The van der Waals surface area contributed by atoms with Crippen LogP contribution in [0, 0.1) is 0 Å². The van der Waals surface area contributed by atoms with E-state index in [0.717, 1.165) is 11.5 Å². The molecule has 0 saturated carbocycles. The summed E-state index contributed by atoms with van der Waals surface area (Å²) in [6.45, 7) is 11.2. The Bertz CT molecular complexity index is 320. The lowest BCUT2D eigenvalue weighted by Gasteiger charge is -2.13. The molecule has 0 aliphatic carbocycles. The Balaban J connectivity index is 3.02. The first kappa shape index (κ1) is 12.6. The molecule has 0 saturated heterocycles. The molecule has 1 rings (SSSR count). The maximum atomic E-state index is 5.51. The van der Waals surface area contributed by atoms with Gasteiger partial charge >= 0.3 is 0 Å². The van der Waals surface area contributed by atoms with Crippen molar-refractivity contribution < 1.29 is 9.47 Å². The molecule has 1 aromatic carbocycles. The Hall–Kier alpha value is -1.44. The van der Waals surface area contributed by atoms with Gasteiger partial charge in [-0.1, -0.05) is 13.0 Å². The maximum Gasteiger partial charge on any atom is 0.123 e. The van der Waals surface area contributed by atoms with Gasteiger partial charge < -0.3 is 9.47 Å². The highest BCUT2D eigenvalue weighted by atomic mass is 16.5. The lowest BCUT2D eigenvalue weighted by molar-refractivity contribution is 0.322. The van der Waals surface area contributed by atoms with Gasteiger partial charge in [-0.2, -0.15) is 0 Å². The first-order chi connectivity index (χ1) is 7.71. The third-order valence-corrected chi connectivity index (χ3v) is 2.40. The molecule has 2 heteroatoms. The number of ether oxygens (including phenoxy) is 2. The fourth-order valence-corrected chi connectivity index (χ4v) is 1.49. The zero-order chi connectivity index (χ0) is 12.0. The summed E-state index contributed by atoms with van der Waals surface area (Å²) in [5, 5.41) is 0. The van der Waals surface area contributed by atoms with Gasteiger partial charge in [0, 0.05) is 6.07 Å². The van der Waals surface area contributed by atoms with Gasteiger partial charge in [0.1, 0.15) is 11.5 Å². The molecule has 0 bridgehead atoms. The predicted molar refractivity (Wildman–Crippen MR) is 67.4 cm³/mol. The third-order valence-electron chi connectivity index (χ3n) is 2.40. The fourth-order valence-electron chi connectivity index (χ4n) is 1.49. The van der Waals surface area contributed by atoms with E-state index < -0.39 is 0 Å². The van der Waals surface area contributed by atoms with Crippen LogP contribution in [0.5, 0.6) is 11.5 Å². The van der Waals surface area contributed by atoms with Crippen molar-refractivity contribution in [1.82, 2.24) is 0 Å². The van der Waals surface area contributed by atoms with Crippen LogP contribution in [0.1, 0.15) is 32.3 Å². The molecule has 0 heterocycles. The van der Waals surface area contributed by atoms with Gasteiger partial charge in [0.15, 0.2) is 0 Å². The first-order valence-corrected chi connectivity index (χ1v) is 5.74. The van der Waals surface area contributed by atoms with Crippen molar-refractivity contribution in [3.8, 4) is 11.5 Å². The Morgan fingerprint density at radius 2 is 1.62 bits per heavy atom. The van der Waals surface area contributed by atoms with E-state index in [4.69, 9.17) is 9.47 Å². The van der Waals surface area contributed by atoms with Gasteiger partial charge in [0.25, 0.3) is 0 Å². The second-order valence-electron chi connectivity index (χ2n) is 3.63. The topological polar surface area (TPSA) is 18.5 Å². The van der Waals surface area contributed by atoms with Crippen LogP contribution in [0.2, 0.25) is 0 Å². The highest BCUT2D eigenvalue weighted by molar-refractivity contribution is 5.40. The first-order valence-electron chi connectivity index (χ1n) is 5.74. The molecule has 2 nitrogen and oxygen atoms in total. The van der Waals surface area contributed by atoms with Crippen molar-refractivity contribution in [2.75, 3.05) is 13.2 Å². The molecule has 88 valence electrons. The number of hydrogen-bond acceptors (Lipinski definition) is 2. The van der Waals surface area contributed by atoms with Crippen molar-refractivity contribution in [2.45, 2.75) is 26.7 Å². The molecular formula is C14H20O2. The number of hydrogen-bond donors (Lipinski definition) is 0. The van der Waals surface area contributed by atoms with Gasteiger partial charge in [0.05, 0.1) is 13.2 Å². The minimum absolute atomic E-state index is 0.305. The summed E-state index contributed by atoms with van der Waals surface area (Å²) in [6.07, 6.45) is 1.92. The molecule has 1 unspecified atom stereocenters. The van der Waals surface area contributed by atoms with Gasteiger partial charge in [-0.3, -0.25) is 0 Å². The number of benzene rings is 1. The maximum absolute atomic E-state index is 5.51. The smallest absolute Gasteiger partial charge is 0.123 e. The van der Waals surface area contributed by atoms with Crippen LogP contribution in [-0.4, -0.2) is 13.2 Å². The summed E-state index contributed by atoms with van der Waals surface area (Å²) in [6, 6.07) is 6.00. The predicted octanol–water partition coefficient (Wildman–Crippen LogP) is 3.77. The Morgan fingerprint density at radius 3 is 2.00 bits per heavy atom. The Kier molecular flexibility index (Phi) is 4.90. The standard InChI is InChI=1S/C14H20O2/c1-5-11(4)12-8-13(15-6-2)10-14(9-12)16-7-3/h5,8-11H,1,6-7H2,2-4H3. The molecule has 0 aliphatic heterocycles. The van der Waals surface area contributed by atoms with Crippen LogP contribution in [0.15, 0.2) is 30.9 Å². The third kappa shape index (κ3) is 3.30. The van der Waals surface area contributed by atoms with Gasteiger partial charge in [-0.25, -0.2) is 0 Å². The largest absolute Gasteiger partial charge is 0.494 e. The molecule has 0 aromatic heterocycles. The van der Waals surface area contributed by atoms with E-state index in [1.165, 1.54) is 5.56 Å². The van der Waals surface area contributed by atoms with Crippen LogP contribution in [0.3, 0.4) is 0 Å². The van der Waals surface area contributed by atoms with Crippen molar-refractivity contribution in [1.29, 1.82) is 0 Å². The van der Waals surface area contributed by atoms with E-state index in [9.17, 15) is 0 Å². The zero-order valence-electron chi connectivity index (χ0n) is 10.3. The van der Waals surface area contributed by atoms with Crippen molar-refractivity contribution in [3.63, 3.8) is 0 Å². The summed E-state index contributed by atoms with van der Waals surface area (Å²) in [5.41, 5.74) is 1.17. The minimum Gasteiger partial charge on any atom is -0.494 e. The average Bonchev–Trinajstić information content (AvgIpc) is 2.28. The Labute approximate surface area is 97.9 Å². The molecule has 0 N–H and O–H groups in total. The van der Waals surface area contributed by atoms with Crippen LogP contribution in [-0.2, 0) is 0 Å². The summed E-state index contributed by atoms with van der Waals surface area (Å²) >= 11 is 0. The SMILES string of the molecule is C=CC(C)c1cc(OCC)cc(OCC)c1. The minimum atomic E-state index is 0.305. The van der Waals surface area contributed by atoms with Gasteiger partial charge in [-0.15, -0.1) is 6.58 Å². The highest BCUT2D eigenvalue weighted by Gasteiger charge is 2.06. The van der Waals surface area contributed by atoms with E-state index in [1.54, 1.807) is 0 Å².